The van der Waals surface area contributed by atoms with Crippen LogP contribution >= 0.6 is 11.3 Å². The predicted octanol–water partition coefficient (Wildman–Crippen LogP) is 4.12. The number of rotatable bonds is 4. The number of hydrogen-bond acceptors (Lipinski definition) is 3. The third-order valence-electron chi connectivity index (χ3n) is 4.23. The molecule has 1 fully saturated rings. The van der Waals surface area contributed by atoms with E-state index in [2.05, 4.69) is 41.1 Å². The van der Waals surface area contributed by atoms with Gasteiger partial charge in [-0.1, -0.05) is 13.0 Å². The van der Waals surface area contributed by atoms with Crippen molar-refractivity contribution in [3.63, 3.8) is 0 Å². The zero-order chi connectivity index (χ0) is 14.4. The first-order valence-electron chi connectivity index (χ1n) is 7.59. The van der Waals surface area contributed by atoms with Crippen LogP contribution in [0.3, 0.4) is 0 Å². The zero-order valence-electron chi connectivity index (χ0n) is 12.2. The molecule has 1 saturated carbocycles. The average molecular weight is 297 g/mol. The van der Waals surface area contributed by atoms with E-state index in [1.165, 1.54) is 28.8 Å². The minimum absolute atomic E-state index is 0.570. The number of nitrogens with zero attached hydrogens (tertiary/aromatic N) is 2. The minimum atomic E-state index is 0.570. The summed E-state index contributed by atoms with van der Waals surface area (Å²) in [6.07, 6.45) is 3.59. The van der Waals surface area contributed by atoms with Crippen molar-refractivity contribution in [2.24, 2.45) is 5.73 Å². The highest BCUT2D eigenvalue weighted by Crippen LogP contribution is 2.43. The van der Waals surface area contributed by atoms with Crippen molar-refractivity contribution < 1.29 is 0 Å². The molecule has 0 unspecified atom stereocenters. The maximum absolute atomic E-state index is 5.77. The van der Waals surface area contributed by atoms with Crippen LogP contribution in [0.25, 0.3) is 21.7 Å². The fraction of sp³-hybridized carbons (Fsp3) is 0.353. The van der Waals surface area contributed by atoms with E-state index in [4.69, 9.17) is 10.7 Å². The van der Waals surface area contributed by atoms with Crippen LogP contribution in [-0.4, -0.2) is 9.55 Å². The Morgan fingerprint density at radius 1 is 1.33 bits per heavy atom. The van der Waals surface area contributed by atoms with Gasteiger partial charge in [-0.05, 0) is 54.0 Å². The zero-order valence-corrected chi connectivity index (χ0v) is 13.0. The van der Waals surface area contributed by atoms with Gasteiger partial charge in [0.15, 0.2) is 5.82 Å². The van der Waals surface area contributed by atoms with Crippen molar-refractivity contribution in [2.45, 2.75) is 38.8 Å². The quantitative estimate of drug-likeness (QED) is 0.787. The summed E-state index contributed by atoms with van der Waals surface area (Å²) in [6, 6.07) is 9.30. The maximum atomic E-state index is 5.77. The molecular weight excluding hydrogens is 278 g/mol. The summed E-state index contributed by atoms with van der Waals surface area (Å²) in [4.78, 5) is 6.28. The molecule has 0 aliphatic heterocycles. The van der Waals surface area contributed by atoms with Gasteiger partial charge in [0.2, 0.25) is 0 Å². The highest BCUT2D eigenvalue weighted by atomic mass is 32.1. The van der Waals surface area contributed by atoms with Crippen LogP contribution in [0.4, 0.5) is 0 Å². The molecule has 3 nitrogen and oxygen atoms in total. The van der Waals surface area contributed by atoms with E-state index in [9.17, 15) is 0 Å². The van der Waals surface area contributed by atoms with Gasteiger partial charge in [0.25, 0.3) is 0 Å². The fourth-order valence-electron chi connectivity index (χ4n) is 2.94. The molecule has 3 aromatic rings. The average Bonchev–Trinajstić information content (AvgIpc) is 3.12. The molecule has 2 heterocycles. The van der Waals surface area contributed by atoms with Gasteiger partial charge in [0.1, 0.15) is 0 Å². The van der Waals surface area contributed by atoms with Crippen molar-refractivity contribution in [2.75, 3.05) is 0 Å². The number of benzene rings is 1. The monoisotopic (exact) mass is 297 g/mol. The number of hydrogen-bond donors (Lipinski definition) is 1. The Hall–Kier alpha value is -1.65. The molecule has 0 bridgehead atoms. The number of aryl methyl sites for hydroxylation is 1. The van der Waals surface area contributed by atoms with E-state index in [0.29, 0.717) is 12.6 Å². The third-order valence-corrected chi connectivity index (χ3v) is 5.19. The molecule has 0 spiro atoms. The van der Waals surface area contributed by atoms with Crippen LogP contribution in [0, 0.1) is 0 Å². The lowest BCUT2D eigenvalue weighted by Gasteiger charge is -2.07. The van der Waals surface area contributed by atoms with Gasteiger partial charge in [-0.25, -0.2) is 4.98 Å². The van der Waals surface area contributed by atoms with Crippen LogP contribution in [0.5, 0.6) is 0 Å². The highest BCUT2D eigenvalue weighted by Gasteiger charge is 2.29. The Morgan fingerprint density at radius 2 is 2.19 bits per heavy atom. The molecule has 1 aromatic carbocycles. The van der Waals surface area contributed by atoms with Crippen molar-refractivity contribution in [3.8, 4) is 10.7 Å². The number of thiophene rings is 1. The van der Waals surface area contributed by atoms with E-state index in [0.717, 1.165) is 23.3 Å². The first kappa shape index (κ1) is 13.0. The summed E-state index contributed by atoms with van der Waals surface area (Å²) in [6.45, 7) is 2.78. The van der Waals surface area contributed by atoms with E-state index < -0.39 is 0 Å². The Bertz CT molecular complexity index is 796. The second-order valence-electron chi connectivity index (χ2n) is 5.69. The summed E-state index contributed by atoms with van der Waals surface area (Å²) in [7, 11) is 0. The van der Waals surface area contributed by atoms with Gasteiger partial charge in [0, 0.05) is 12.6 Å². The lowest BCUT2D eigenvalue weighted by molar-refractivity contribution is 0.775. The molecule has 4 rings (SSSR count). The summed E-state index contributed by atoms with van der Waals surface area (Å²) in [5.41, 5.74) is 10.6. The van der Waals surface area contributed by atoms with E-state index in [1.54, 1.807) is 11.3 Å². The van der Waals surface area contributed by atoms with Crippen LogP contribution in [0.1, 0.15) is 36.9 Å². The van der Waals surface area contributed by atoms with Crippen molar-refractivity contribution >= 4 is 22.4 Å². The van der Waals surface area contributed by atoms with Gasteiger partial charge in [-0.15, -0.1) is 11.3 Å². The topological polar surface area (TPSA) is 43.8 Å². The first-order chi connectivity index (χ1) is 10.3. The molecule has 2 N–H and O–H groups in total. The van der Waals surface area contributed by atoms with Gasteiger partial charge in [-0.3, -0.25) is 0 Å². The number of imidazole rings is 1. The lowest BCUT2D eigenvalue weighted by atomic mass is 10.2. The summed E-state index contributed by atoms with van der Waals surface area (Å²) in [5, 5.41) is 2.18. The Labute approximate surface area is 128 Å². The number of aromatic nitrogens is 2. The Morgan fingerprint density at radius 3 is 2.90 bits per heavy atom. The number of nitrogens with two attached hydrogens (primary N) is 1. The molecule has 0 atom stereocenters. The Kier molecular flexibility index (Phi) is 3.08. The van der Waals surface area contributed by atoms with Crippen LogP contribution in [0.2, 0.25) is 0 Å². The predicted molar refractivity (Wildman–Crippen MR) is 88.6 cm³/mol. The molecule has 0 radical (unpaired) electrons. The standard InChI is InChI=1S/C17H19N3S/c1-2-12-7-8-21-16(12)17-19-14-9-11(10-18)3-6-15(14)20(17)13-4-5-13/h3,6-9,13H,2,4-5,10,18H2,1H3. The smallest absolute Gasteiger partial charge is 0.151 e. The molecule has 4 heteroatoms. The maximum Gasteiger partial charge on any atom is 0.151 e. The molecule has 1 aliphatic rings. The summed E-state index contributed by atoms with van der Waals surface area (Å²) in [5.74, 6) is 1.15. The van der Waals surface area contributed by atoms with Crippen molar-refractivity contribution in [1.82, 2.24) is 9.55 Å². The molecule has 1 aliphatic carbocycles. The van der Waals surface area contributed by atoms with E-state index in [-0.39, 0.29) is 0 Å². The van der Waals surface area contributed by atoms with Gasteiger partial charge < -0.3 is 10.3 Å². The van der Waals surface area contributed by atoms with Crippen molar-refractivity contribution in [3.05, 3.63) is 40.8 Å². The molecule has 0 saturated heterocycles. The summed E-state index contributed by atoms with van der Waals surface area (Å²) < 4.78 is 2.45. The third kappa shape index (κ3) is 2.10. The lowest BCUT2D eigenvalue weighted by Crippen LogP contribution is -1.98. The first-order valence-corrected chi connectivity index (χ1v) is 8.47. The van der Waals surface area contributed by atoms with E-state index >= 15 is 0 Å². The van der Waals surface area contributed by atoms with Gasteiger partial charge in [-0.2, -0.15) is 0 Å². The SMILES string of the molecule is CCc1ccsc1-c1nc2cc(CN)ccc2n1C1CC1. The number of fused-ring (bicyclic) bond motifs is 1. The summed E-state index contributed by atoms with van der Waals surface area (Å²) >= 11 is 1.80. The van der Waals surface area contributed by atoms with E-state index in [1.807, 2.05) is 0 Å². The largest absolute Gasteiger partial charge is 0.326 e. The minimum Gasteiger partial charge on any atom is -0.326 e. The Balaban J connectivity index is 1.97. The molecular formula is C17H19N3S. The highest BCUT2D eigenvalue weighted by molar-refractivity contribution is 7.13. The van der Waals surface area contributed by atoms with Crippen LogP contribution < -0.4 is 5.73 Å². The molecule has 21 heavy (non-hydrogen) atoms. The van der Waals surface area contributed by atoms with Gasteiger partial charge >= 0.3 is 0 Å². The second-order valence-corrected chi connectivity index (χ2v) is 6.61. The van der Waals surface area contributed by atoms with Crippen LogP contribution in [0.15, 0.2) is 29.6 Å². The molecule has 0 amide bonds. The second kappa shape index (κ2) is 4.97. The molecule has 108 valence electrons. The van der Waals surface area contributed by atoms with Crippen molar-refractivity contribution in [1.29, 1.82) is 0 Å². The molecule has 2 aromatic heterocycles. The normalized spacial score (nSPS) is 15.0. The van der Waals surface area contributed by atoms with Crippen LogP contribution in [-0.2, 0) is 13.0 Å². The fourth-order valence-corrected chi connectivity index (χ4v) is 3.93. The van der Waals surface area contributed by atoms with Gasteiger partial charge in [0.05, 0.1) is 15.9 Å².